The summed E-state index contributed by atoms with van der Waals surface area (Å²) >= 11 is 3.73. The highest BCUT2D eigenvalue weighted by Crippen LogP contribution is 2.61. The van der Waals surface area contributed by atoms with Gasteiger partial charge in [-0.15, -0.1) is 0 Å². The van der Waals surface area contributed by atoms with Crippen molar-refractivity contribution in [1.82, 2.24) is 0 Å². The maximum absolute atomic E-state index is 2.12. The maximum Gasteiger partial charge on any atom is 0.126 e. The summed E-state index contributed by atoms with van der Waals surface area (Å²) < 4.78 is 0.861. The lowest BCUT2D eigenvalue weighted by Gasteiger charge is -1.80. The second kappa shape index (κ2) is 20.5. The smallest absolute Gasteiger partial charge is 0.126 e. The molecule has 0 atom stereocenters. The summed E-state index contributed by atoms with van der Waals surface area (Å²) in [5.74, 6) is 0. The van der Waals surface area contributed by atoms with Gasteiger partial charge in [0.05, 0.1) is 0 Å². The Bertz CT molecular complexity index is 74.2. The third-order valence-electron chi connectivity index (χ3n) is 0.585. The summed E-state index contributed by atoms with van der Waals surface area (Å²) in [5.41, 5.74) is 0. The quantitative estimate of drug-likeness (QED) is 0.339. The molecule has 0 amide bonds. The van der Waals surface area contributed by atoms with Gasteiger partial charge in [-0.2, -0.15) is 23.5 Å². The predicted octanol–water partition coefficient (Wildman–Crippen LogP) is 6.25. The van der Waals surface area contributed by atoms with Crippen LogP contribution in [0.2, 0.25) is 0 Å². The molecule has 1 fully saturated rings. The second-order valence-corrected chi connectivity index (χ2v) is 9.49. The fourth-order valence-corrected chi connectivity index (χ4v) is 6.39. The topological polar surface area (TPSA) is 0 Å². The summed E-state index contributed by atoms with van der Waals surface area (Å²) in [7, 11) is 7.69. The number of rotatable bonds is 4. The Balaban J connectivity index is -0.0000000597. The average molecular weight is 313 g/mol. The molecule has 0 N–H and O–H groups in total. The minimum atomic E-state index is 0. The molecule has 6 heteroatoms. The van der Waals surface area contributed by atoms with Crippen LogP contribution in [0, 0.1) is 0 Å². The molecule has 0 bridgehead atoms. The molecule has 0 radical (unpaired) electrons. The third-order valence-corrected chi connectivity index (χ3v) is 8.10. The standard InChI is InChI=1S/C3H8S2.C2H4S4.3CH4/c1-4-3-5-2;1-3-4-2-5-6-2;;;/h3H2,1-2H3;2H,1H3;3*1H4. The molecule has 0 aromatic rings. The Hall–Kier alpha value is 2.10. The summed E-state index contributed by atoms with van der Waals surface area (Å²) in [6.07, 6.45) is 6.33. The lowest BCUT2D eigenvalue weighted by atomic mass is 11.9. The van der Waals surface area contributed by atoms with Crippen LogP contribution in [0.5, 0.6) is 0 Å². The maximum atomic E-state index is 2.12. The molecule has 1 aliphatic rings. The molecule has 0 saturated carbocycles. The van der Waals surface area contributed by atoms with Crippen molar-refractivity contribution in [2.75, 3.05) is 23.9 Å². The molecule has 1 aliphatic heterocycles. The molecule has 1 rings (SSSR count). The van der Waals surface area contributed by atoms with Gasteiger partial charge in [0.25, 0.3) is 0 Å². The van der Waals surface area contributed by atoms with Crippen LogP contribution in [0.1, 0.15) is 22.3 Å². The Kier molecular flexibility index (Phi) is 36.7. The fraction of sp³-hybridized carbons (Fsp3) is 1.00. The molecule has 0 nitrogen and oxygen atoms in total. The Morgan fingerprint density at radius 2 is 1.36 bits per heavy atom. The summed E-state index contributed by atoms with van der Waals surface area (Å²) in [5, 5.41) is 1.22. The molecular weight excluding hydrogens is 288 g/mol. The van der Waals surface area contributed by atoms with Crippen LogP contribution in [0.25, 0.3) is 0 Å². The summed E-state index contributed by atoms with van der Waals surface area (Å²) in [4.78, 5) is 0. The number of thioether (sulfide) groups is 2. The van der Waals surface area contributed by atoms with Crippen LogP contribution in [0.3, 0.4) is 0 Å². The number of hydrogen-bond donors (Lipinski definition) is 0. The van der Waals surface area contributed by atoms with Crippen molar-refractivity contribution in [3.63, 3.8) is 0 Å². The SMILES string of the molecule is C.C.C.CSCSC.CSSC1SS1. The van der Waals surface area contributed by atoms with E-state index < -0.39 is 0 Å². The van der Waals surface area contributed by atoms with Crippen LogP contribution in [-0.4, -0.2) is 27.8 Å². The van der Waals surface area contributed by atoms with Gasteiger partial charge in [-0.25, -0.2) is 0 Å². The van der Waals surface area contributed by atoms with E-state index in [2.05, 4.69) is 18.8 Å². The fourth-order valence-electron chi connectivity index (χ4n) is 0.251. The van der Waals surface area contributed by atoms with E-state index >= 15 is 0 Å². The van der Waals surface area contributed by atoms with Crippen molar-refractivity contribution in [2.24, 2.45) is 0 Å². The summed E-state index contributed by atoms with van der Waals surface area (Å²) in [6.45, 7) is 0. The minimum absolute atomic E-state index is 0. The Morgan fingerprint density at radius 3 is 1.43 bits per heavy atom. The van der Waals surface area contributed by atoms with Crippen LogP contribution in [-0.2, 0) is 0 Å². The van der Waals surface area contributed by atoms with Gasteiger partial charge in [-0.3, -0.25) is 0 Å². The molecule has 0 aromatic heterocycles. The van der Waals surface area contributed by atoms with Gasteiger partial charge in [0, 0.05) is 5.08 Å². The van der Waals surface area contributed by atoms with Gasteiger partial charge >= 0.3 is 0 Å². The molecule has 1 heterocycles. The average Bonchev–Trinajstić information content (AvgIpc) is 2.76. The number of hydrogen-bond acceptors (Lipinski definition) is 6. The first-order chi connectivity index (χ1) is 5.35. The zero-order chi connectivity index (χ0) is 8.53. The van der Waals surface area contributed by atoms with E-state index in [1.165, 1.54) is 5.08 Å². The van der Waals surface area contributed by atoms with E-state index in [1.807, 2.05) is 66.7 Å². The van der Waals surface area contributed by atoms with E-state index in [9.17, 15) is 0 Å². The zero-order valence-corrected chi connectivity index (χ0v) is 11.6. The zero-order valence-electron chi connectivity index (χ0n) is 6.73. The third kappa shape index (κ3) is 23.7. The molecule has 92 valence electrons. The highest BCUT2D eigenvalue weighted by Gasteiger charge is 2.23. The predicted molar refractivity (Wildman–Crippen MR) is 92.2 cm³/mol. The molecule has 1 saturated heterocycles. The first-order valence-electron chi connectivity index (χ1n) is 2.84. The van der Waals surface area contributed by atoms with Crippen LogP contribution >= 0.6 is 66.7 Å². The van der Waals surface area contributed by atoms with E-state index in [0.29, 0.717) is 0 Å². The van der Waals surface area contributed by atoms with Gasteiger partial charge in [-0.1, -0.05) is 65.5 Å². The van der Waals surface area contributed by atoms with Crippen molar-refractivity contribution < 1.29 is 0 Å². The molecule has 0 aromatic carbocycles. The van der Waals surface area contributed by atoms with Gasteiger partial charge in [-0.05, 0) is 18.8 Å². The first kappa shape index (κ1) is 25.1. The minimum Gasteiger partial charge on any atom is -0.155 e. The van der Waals surface area contributed by atoms with Crippen LogP contribution in [0.15, 0.2) is 0 Å². The highest BCUT2D eigenvalue weighted by atomic mass is 33.2. The summed E-state index contributed by atoms with van der Waals surface area (Å²) in [6, 6.07) is 0. The molecule has 0 aliphatic carbocycles. The van der Waals surface area contributed by atoms with Crippen LogP contribution < -0.4 is 0 Å². The van der Waals surface area contributed by atoms with Crippen molar-refractivity contribution in [3.05, 3.63) is 0 Å². The van der Waals surface area contributed by atoms with E-state index in [0.717, 1.165) is 3.91 Å². The lowest BCUT2D eigenvalue weighted by Crippen LogP contribution is -1.56. The van der Waals surface area contributed by atoms with Gasteiger partial charge in [0.2, 0.25) is 0 Å². The lowest BCUT2D eigenvalue weighted by molar-refractivity contribution is 2.20. The normalized spacial score (nSPS) is 12.2. The second-order valence-electron chi connectivity index (χ2n) is 1.44. The van der Waals surface area contributed by atoms with Crippen molar-refractivity contribution in [1.29, 1.82) is 0 Å². The van der Waals surface area contributed by atoms with Gasteiger partial charge < -0.3 is 0 Å². The van der Waals surface area contributed by atoms with E-state index in [4.69, 9.17) is 0 Å². The molecule has 0 unspecified atom stereocenters. The van der Waals surface area contributed by atoms with Crippen LogP contribution in [0.4, 0.5) is 0 Å². The Morgan fingerprint density at radius 1 is 0.929 bits per heavy atom. The van der Waals surface area contributed by atoms with Gasteiger partial charge in [0.1, 0.15) is 3.91 Å². The van der Waals surface area contributed by atoms with Crippen molar-refractivity contribution in [3.8, 4) is 0 Å². The molecule has 14 heavy (non-hydrogen) atoms. The van der Waals surface area contributed by atoms with E-state index in [1.54, 1.807) is 0 Å². The van der Waals surface area contributed by atoms with Crippen molar-refractivity contribution in [2.45, 2.75) is 26.2 Å². The first-order valence-corrected chi connectivity index (χ1v) is 10.5. The molecular formula is C8H24S6. The largest absolute Gasteiger partial charge is 0.155 e. The Labute approximate surface area is 116 Å². The highest BCUT2D eigenvalue weighted by molar-refractivity contribution is 9.02. The molecule has 0 spiro atoms. The van der Waals surface area contributed by atoms with Gasteiger partial charge in [0.15, 0.2) is 0 Å². The van der Waals surface area contributed by atoms with E-state index in [-0.39, 0.29) is 22.3 Å². The monoisotopic (exact) mass is 312 g/mol. The van der Waals surface area contributed by atoms with Crippen molar-refractivity contribution >= 4 is 66.7 Å².